The fourth-order valence-electron chi connectivity index (χ4n) is 1.91. The molecule has 0 aromatic rings. The molecule has 0 heterocycles. The molecular weight excluding hydrogens is 174 g/mol. The van der Waals surface area contributed by atoms with Crippen LogP contribution in [-0.4, -0.2) is 11.6 Å². The van der Waals surface area contributed by atoms with Gasteiger partial charge in [0.1, 0.15) is 0 Å². The summed E-state index contributed by atoms with van der Waals surface area (Å²) in [5.74, 6) is 1.70. The van der Waals surface area contributed by atoms with Gasteiger partial charge in [0.25, 0.3) is 0 Å². The van der Waals surface area contributed by atoms with Crippen LogP contribution in [0.15, 0.2) is 0 Å². The molecule has 0 spiro atoms. The van der Waals surface area contributed by atoms with Gasteiger partial charge in [0.15, 0.2) is 0 Å². The Morgan fingerprint density at radius 3 is 2.21 bits per heavy atom. The first-order chi connectivity index (χ1) is 6.38. The molecule has 2 heteroatoms. The molecule has 1 N–H and O–H groups in total. The van der Waals surface area contributed by atoms with Gasteiger partial charge in [-0.1, -0.05) is 13.8 Å². The summed E-state index contributed by atoms with van der Waals surface area (Å²) in [5.41, 5.74) is 3.14. The SMILES string of the molecule is CC1CCC(NOC(C)(C)C)CC1C. The maximum Gasteiger partial charge on any atom is 0.0813 e. The summed E-state index contributed by atoms with van der Waals surface area (Å²) < 4.78 is 0. The zero-order valence-electron chi connectivity index (χ0n) is 10.3. The van der Waals surface area contributed by atoms with Crippen LogP contribution in [0.25, 0.3) is 0 Å². The molecule has 0 aromatic carbocycles. The topological polar surface area (TPSA) is 21.3 Å². The molecule has 1 saturated carbocycles. The first kappa shape index (κ1) is 12.0. The van der Waals surface area contributed by atoms with Crippen molar-refractivity contribution in [1.82, 2.24) is 5.48 Å². The van der Waals surface area contributed by atoms with Crippen LogP contribution in [0.1, 0.15) is 53.9 Å². The summed E-state index contributed by atoms with van der Waals surface area (Å²) in [7, 11) is 0. The normalized spacial score (nSPS) is 34.5. The number of hydrogen-bond donors (Lipinski definition) is 1. The highest BCUT2D eigenvalue weighted by Crippen LogP contribution is 2.29. The highest BCUT2D eigenvalue weighted by molar-refractivity contribution is 4.78. The quantitative estimate of drug-likeness (QED) is 0.690. The van der Waals surface area contributed by atoms with Crippen LogP contribution in [0.4, 0.5) is 0 Å². The zero-order chi connectivity index (χ0) is 10.8. The molecule has 0 aliphatic heterocycles. The average molecular weight is 199 g/mol. The van der Waals surface area contributed by atoms with Crippen molar-refractivity contribution >= 4 is 0 Å². The van der Waals surface area contributed by atoms with Gasteiger partial charge in [-0.3, -0.25) is 4.84 Å². The molecule has 84 valence electrons. The van der Waals surface area contributed by atoms with Crippen molar-refractivity contribution < 1.29 is 4.84 Å². The van der Waals surface area contributed by atoms with E-state index in [0.717, 1.165) is 11.8 Å². The fourth-order valence-corrected chi connectivity index (χ4v) is 1.91. The lowest BCUT2D eigenvalue weighted by Crippen LogP contribution is -2.40. The molecule has 0 radical (unpaired) electrons. The monoisotopic (exact) mass is 199 g/mol. The summed E-state index contributed by atoms with van der Waals surface area (Å²) in [4.78, 5) is 5.60. The van der Waals surface area contributed by atoms with Gasteiger partial charge in [0.05, 0.1) is 5.60 Å². The van der Waals surface area contributed by atoms with Crippen LogP contribution in [0.5, 0.6) is 0 Å². The largest absolute Gasteiger partial charge is 0.296 e. The van der Waals surface area contributed by atoms with Crippen LogP contribution >= 0.6 is 0 Å². The van der Waals surface area contributed by atoms with Crippen molar-refractivity contribution in [3.63, 3.8) is 0 Å². The number of nitrogens with one attached hydrogen (secondary N) is 1. The van der Waals surface area contributed by atoms with E-state index >= 15 is 0 Å². The Bertz CT molecular complexity index is 174. The zero-order valence-corrected chi connectivity index (χ0v) is 10.3. The smallest absolute Gasteiger partial charge is 0.0813 e. The number of hydroxylamine groups is 1. The maximum atomic E-state index is 5.60. The van der Waals surface area contributed by atoms with Gasteiger partial charge in [-0.15, -0.1) is 0 Å². The van der Waals surface area contributed by atoms with Crippen LogP contribution < -0.4 is 5.48 Å². The Morgan fingerprint density at radius 2 is 1.71 bits per heavy atom. The minimum Gasteiger partial charge on any atom is -0.296 e. The molecule has 3 atom stereocenters. The Morgan fingerprint density at radius 1 is 1.07 bits per heavy atom. The second kappa shape index (κ2) is 4.63. The Labute approximate surface area is 88.4 Å². The van der Waals surface area contributed by atoms with Gasteiger partial charge in [-0.25, -0.2) is 0 Å². The van der Waals surface area contributed by atoms with E-state index in [-0.39, 0.29) is 5.60 Å². The highest BCUT2D eigenvalue weighted by Gasteiger charge is 2.25. The molecule has 14 heavy (non-hydrogen) atoms. The molecular formula is C12H25NO. The molecule has 0 saturated heterocycles. The third-order valence-corrected chi connectivity index (χ3v) is 3.13. The van der Waals surface area contributed by atoms with E-state index in [4.69, 9.17) is 4.84 Å². The second-order valence-electron chi connectivity index (χ2n) is 5.80. The fraction of sp³-hybridized carbons (Fsp3) is 1.00. The van der Waals surface area contributed by atoms with Crippen molar-refractivity contribution in [1.29, 1.82) is 0 Å². The number of hydrogen-bond acceptors (Lipinski definition) is 2. The lowest BCUT2D eigenvalue weighted by atomic mass is 9.79. The Hall–Kier alpha value is -0.0800. The summed E-state index contributed by atoms with van der Waals surface area (Å²) in [6.45, 7) is 10.9. The van der Waals surface area contributed by atoms with E-state index in [1.54, 1.807) is 0 Å². The molecule has 3 unspecified atom stereocenters. The summed E-state index contributed by atoms with van der Waals surface area (Å²) in [6, 6.07) is 0.556. The predicted octanol–water partition coefficient (Wildman–Crippen LogP) is 3.13. The summed E-state index contributed by atoms with van der Waals surface area (Å²) >= 11 is 0. The van der Waals surface area contributed by atoms with E-state index in [9.17, 15) is 0 Å². The molecule has 1 aliphatic rings. The third-order valence-electron chi connectivity index (χ3n) is 3.13. The average Bonchev–Trinajstić information content (AvgIpc) is 2.06. The van der Waals surface area contributed by atoms with Gasteiger partial charge in [0.2, 0.25) is 0 Å². The molecule has 0 bridgehead atoms. The van der Waals surface area contributed by atoms with Crippen molar-refractivity contribution in [2.45, 2.75) is 65.5 Å². The van der Waals surface area contributed by atoms with E-state index in [1.165, 1.54) is 19.3 Å². The first-order valence-electron chi connectivity index (χ1n) is 5.82. The standard InChI is InChI=1S/C12H25NO/c1-9-6-7-11(8-10(9)2)13-14-12(3,4)5/h9-11,13H,6-8H2,1-5H3. The van der Waals surface area contributed by atoms with Crippen molar-refractivity contribution in [2.75, 3.05) is 0 Å². The lowest BCUT2D eigenvalue weighted by Gasteiger charge is -2.34. The van der Waals surface area contributed by atoms with Crippen LogP contribution in [0.2, 0.25) is 0 Å². The minimum atomic E-state index is -0.0771. The molecule has 1 rings (SSSR count). The van der Waals surface area contributed by atoms with E-state index in [2.05, 4.69) is 40.1 Å². The van der Waals surface area contributed by atoms with Crippen LogP contribution in [0, 0.1) is 11.8 Å². The van der Waals surface area contributed by atoms with Gasteiger partial charge in [-0.05, 0) is 51.9 Å². The van der Waals surface area contributed by atoms with Gasteiger partial charge >= 0.3 is 0 Å². The highest BCUT2D eigenvalue weighted by atomic mass is 16.7. The first-order valence-corrected chi connectivity index (χ1v) is 5.82. The minimum absolute atomic E-state index is 0.0771. The molecule has 0 amide bonds. The number of rotatable bonds is 2. The lowest BCUT2D eigenvalue weighted by molar-refractivity contribution is -0.0967. The van der Waals surface area contributed by atoms with Crippen molar-refractivity contribution in [3.8, 4) is 0 Å². The Balaban J connectivity index is 2.27. The van der Waals surface area contributed by atoms with Crippen LogP contribution in [-0.2, 0) is 4.84 Å². The second-order valence-corrected chi connectivity index (χ2v) is 5.80. The van der Waals surface area contributed by atoms with E-state index in [0.29, 0.717) is 6.04 Å². The van der Waals surface area contributed by atoms with E-state index < -0.39 is 0 Å². The van der Waals surface area contributed by atoms with Crippen molar-refractivity contribution in [3.05, 3.63) is 0 Å². The molecule has 1 aliphatic carbocycles. The van der Waals surface area contributed by atoms with E-state index in [1.807, 2.05) is 0 Å². The van der Waals surface area contributed by atoms with Gasteiger partial charge < -0.3 is 0 Å². The maximum absolute atomic E-state index is 5.60. The van der Waals surface area contributed by atoms with Gasteiger partial charge in [-0.2, -0.15) is 5.48 Å². The molecule has 0 aromatic heterocycles. The molecule has 1 fully saturated rings. The van der Waals surface area contributed by atoms with Crippen LogP contribution in [0.3, 0.4) is 0 Å². The van der Waals surface area contributed by atoms with Gasteiger partial charge in [0, 0.05) is 6.04 Å². The predicted molar refractivity (Wildman–Crippen MR) is 59.9 cm³/mol. The van der Waals surface area contributed by atoms with Crippen molar-refractivity contribution in [2.24, 2.45) is 11.8 Å². The third kappa shape index (κ3) is 3.97. The summed E-state index contributed by atoms with van der Waals surface area (Å²) in [6.07, 6.45) is 3.82. The summed E-state index contributed by atoms with van der Waals surface area (Å²) in [5, 5.41) is 0. The Kier molecular flexibility index (Phi) is 3.96. The molecule has 2 nitrogen and oxygen atoms in total.